The number of piperidine rings is 1. The molecule has 3 aromatic rings. The number of rotatable bonds is 6. The Kier molecular flexibility index (Phi) is 6.16. The van der Waals surface area contributed by atoms with Gasteiger partial charge < -0.3 is 4.90 Å². The van der Waals surface area contributed by atoms with E-state index in [1.54, 1.807) is 23.5 Å². The van der Waals surface area contributed by atoms with Crippen molar-refractivity contribution in [3.8, 4) is 11.3 Å². The average Bonchev–Trinajstić information content (AvgIpc) is 3.14. The molecule has 0 N–H and O–H groups in total. The van der Waals surface area contributed by atoms with Crippen molar-refractivity contribution in [2.24, 2.45) is 5.92 Å². The zero-order valence-corrected chi connectivity index (χ0v) is 17.4. The fourth-order valence-corrected chi connectivity index (χ4v) is 4.94. The van der Waals surface area contributed by atoms with Crippen LogP contribution in [0.25, 0.3) is 11.3 Å². The van der Waals surface area contributed by atoms with Crippen molar-refractivity contribution >= 4 is 17.1 Å². The number of thiazole rings is 1. The molecule has 0 saturated carbocycles. The van der Waals surface area contributed by atoms with Crippen molar-refractivity contribution in [3.63, 3.8) is 0 Å². The lowest BCUT2D eigenvalue weighted by Gasteiger charge is -2.31. The zero-order valence-electron chi connectivity index (χ0n) is 16.6. The van der Waals surface area contributed by atoms with E-state index in [0.29, 0.717) is 5.56 Å². The summed E-state index contributed by atoms with van der Waals surface area (Å²) in [5, 5.41) is 1.10. The molecule has 5 heteroatoms. The van der Waals surface area contributed by atoms with E-state index >= 15 is 0 Å². The highest BCUT2D eigenvalue weighted by molar-refractivity contribution is 7.12. The fraction of sp³-hybridized carbons (Fsp3) is 0.333. The summed E-state index contributed by atoms with van der Waals surface area (Å²) < 4.78 is 13.1. The lowest BCUT2D eigenvalue weighted by molar-refractivity contribution is 0.0841. The van der Waals surface area contributed by atoms with Gasteiger partial charge in [0.2, 0.25) is 0 Å². The molecule has 2 aromatic carbocycles. The summed E-state index contributed by atoms with van der Waals surface area (Å²) in [4.78, 5) is 21.2. The Balaban J connectivity index is 1.33. The first-order chi connectivity index (χ1) is 14.1. The summed E-state index contributed by atoms with van der Waals surface area (Å²) in [5.41, 5.74) is 2.91. The fourth-order valence-electron chi connectivity index (χ4n) is 3.99. The summed E-state index contributed by atoms with van der Waals surface area (Å²) in [5.74, 6) is -0.110. The van der Waals surface area contributed by atoms with E-state index in [0.717, 1.165) is 49.6 Å². The van der Waals surface area contributed by atoms with Crippen molar-refractivity contribution in [3.05, 3.63) is 75.9 Å². The second kappa shape index (κ2) is 8.97. The molecule has 1 aliphatic rings. The smallest absolute Gasteiger partial charge is 0.166 e. The number of hydrogen-bond acceptors (Lipinski definition) is 4. The number of Topliss-reactive ketones (excluding diaryl/α,β-unsaturated/α-hetero) is 1. The molecule has 0 radical (unpaired) electrons. The van der Waals surface area contributed by atoms with Gasteiger partial charge >= 0.3 is 0 Å². The zero-order chi connectivity index (χ0) is 20.2. The van der Waals surface area contributed by atoms with Crippen LogP contribution in [0.15, 0.2) is 54.6 Å². The van der Waals surface area contributed by atoms with Crippen molar-refractivity contribution in [1.29, 1.82) is 0 Å². The van der Waals surface area contributed by atoms with Gasteiger partial charge in [-0.1, -0.05) is 30.3 Å². The second-order valence-corrected chi connectivity index (χ2v) is 8.90. The molecule has 1 fully saturated rings. The minimum atomic E-state index is -0.301. The van der Waals surface area contributed by atoms with Gasteiger partial charge in [-0.15, -0.1) is 11.3 Å². The van der Waals surface area contributed by atoms with E-state index in [1.165, 1.54) is 22.6 Å². The number of aromatic nitrogens is 1. The molecule has 0 atom stereocenters. The van der Waals surface area contributed by atoms with E-state index in [-0.39, 0.29) is 17.5 Å². The number of carbonyl (C=O) groups is 1. The van der Waals surface area contributed by atoms with Crippen LogP contribution >= 0.6 is 11.3 Å². The normalized spacial score (nSPS) is 15.5. The van der Waals surface area contributed by atoms with E-state index in [1.807, 2.05) is 6.07 Å². The third-order valence-electron chi connectivity index (χ3n) is 5.59. The quantitative estimate of drug-likeness (QED) is 0.512. The summed E-state index contributed by atoms with van der Waals surface area (Å²) in [6, 6.07) is 16.3. The summed E-state index contributed by atoms with van der Waals surface area (Å²) in [6.07, 6.45) is 2.71. The highest BCUT2D eigenvalue weighted by atomic mass is 32.1. The maximum atomic E-state index is 13.1. The Morgan fingerprint density at radius 2 is 1.79 bits per heavy atom. The van der Waals surface area contributed by atoms with Crippen LogP contribution in [-0.2, 0) is 6.42 Å². The van der Waals surface area contributed by atoms with Gasteiger partial charge in [0.1, 0.15) is 5.82 Å². The average molecular weight is 409 g/mol. The first kappa shape index (κ1) is 19.9. The number of benzene rings is 2. The van der Waals surface area contributed by atoms with E-state index in [2.05, 4.69) is 36.1 Å². The van der Waals surface area contributed by atoms with Gasteiger partial charge in [-0.05, 0) is 63.5 Å². The number of likely N-dealkylation sites (tertiary alicyclic amines) is 1. The van der Waals surface area contributed by atoms with Crippen molar-refractivity contribution < 1.29 is 9.18 Å². The summed E-state index contributed by atoms with van der Waals surface area (Å²) in [6.45, 7) is 4.90. The molecule has 4 rings (SSSR count). The molecule has 0 amide bonds. The predicted octanol–water partition coefficient (Wildman–Crippen LogP) is 5.40. The molecular formula is C24H25FN2OS. The lowest BCUT2D eigenvalue weighted by Crippen LogP contribution is -2.37. The van der Waals surface area contributed by atoms with Gasteiger partial charge in [0.15, 0.2) is 5.78 Å². The van der Waals surface area contributed by atoms with Gasteiger partial charge in [0.25, 0.3) is 0 Å². The topological polar surface area (TPSA) is 33.2 Å². The van der Waals surface area contributed by atoms with Crippen LogP contribution in [-0.4, -0.2) is 35.3 Å². The SMILES string of the molecule is Cc1nc(-c2ccccc2)c(CCN2CCC(C(=O)c3ccc(F)cc3)CC2)s1. The molecule has 0 spiro atoms. The molecule has 0 aliphatic carbocycles. The molecule has 1 aromatic heterocycles. The summed E-state index contributed by atoms with van der Waals surface area (Å²) in [7, 11) is 0. The largest absolute Gasteiger partial charge is 0.303 e. The number of ketones is 1. The van der Waals surface area contributed by atoms with Crippen LogP contribution in [0.2, 0.25) is 0 Å². The highest BCUT2D eigenvalue weighted by Gasteiger charge is 2.26. The standard InChI is InChI=1S/C24H25FN2OS/c1-17-26-23(18-5-3-2-4-6-18)22(29-17)13-16-27-14-11-20(12-15-27)24(28)19-7-9-21(25)10-8-19/h2-10,20H,11-16H2,1H3. The number of nitrogens with zero attached hydrogens (tertiary/aromatic N) is 2. The Hall–Kier alpha value is -2.37. The van der Waals surface area contributed by atoms with Crippen LogP contribution in [0.3, 0.4) is 0 Å². The maximum Gasteiger partial charge on any atom is 0.166 e. The minimum absolute atomic E-state index is 0.0437. The first-order valence-electron chi connectivity index (χ1n) is 10.1. The molecule has 3 nitrogen and oxygen atoms in total. The lowest BCUT2D eigenvalue weighted by atomic mass is 9.89. The van der Waals surface area contributed by atoms with E-state index < -0.39 is 0 Å². The maximum absolute atomic E-state index is 13.1. The molecule has 2 heterocycles. The number of carbonyl (C=O) groups excluding carboxylic acids is 1. The predicted molar refractivity (Wildman–Crippen MR) is 116 cm³/mol. The Morgan fingerprint density at radius 1 is 1.10 bits per heavy atom. The third-order valence-corrected chi connectivity index (χ3v) is 6.62. The van der Waals surface area contributed by atoms with Crippen molar-refractivity contribution in [1.82, 2.24) is 9.88 Å². The van der Waals surface area contributed by atoms with Gasteiger partial charge in [-0.3, -0.25) is 4.79 Å². The van der Waals surface area contributed by atoms with Gasteiger partial charge in [-0.25, -0.2) is 9.37 Å². The third kappa shape index (κ3) is 4.80. The Morgan fingerprint density at radius 3 is 2.48 bits per heavy atom. The van der Waals surface area contributed by atoms with Gasteiger partial charge in [0, 0.05) is 28.5 Å². The van der Waals surface area contributed by atoms with Gasteiger partial charge in [0.05, 0.1) is 10.7 Å². The van der Waals surface area contributed by atoms with Crippen LogP contribution in [0.1, 0.15) is 33.1 Å². The van der Waals surface area contributed by atoms with Crippen molar-refractivity contribution in [2.45, 2.75) is 26.2 Å². The summed E-state index contributed by atoms with van der Waals surface area (Å²) >= 11 is 1.78. The molecule has 0 bridgehead atoms. The molecule has 0 unspecified atom stereocenters. The van der Waals surface area contributed by atoms with Crippen LogP contribution < -0.4 is 0 Å². The highest BCUT2D eigenvalue weighted by Crippen LogP contribution is 2.29. The van der Waals surface area contributed by atoms with Crippen molar-refractivity contribution in [2.75, 3.05) is 19.6 Å². The van der Waals surface area contributed by atoms with Gasteiger partial charge in [-0.2, -0.15) is 0 Å². The van der Waals surface area contributed by atoms with E-state index in [4.69, 9.17) is 4.98 Å². The number of halogens is 1. The van der Waals surface area contributed by atoms with E-state index in [9.17, 15) is 9.18 Å². The monoisotopic (exact) mass is 408 g/mol. The number of hydrogen-bond donors (Lipinski definition) is 0. The minimum Gasteiger partial charge on any atom is -0.303 e. The van der Waals surface area contributed by atoms with Crippen LogP contribution in [0.4, 0.5) is 4.39 Å². The number of aryl methyl sites for hydroxylation is 1. The molecule has 1 aliphatic heterocycles. The molecule has 1 saturated heterocycles. The Bertz CT molecular complexity index is 960. The molecule has 150 valence electrons. The Labute approximate surface area is 175 Å². The second-order valence-electron chi connectivity index (χ2n) is 7.61. The molecule has 29 heavy (non-hydrogen) atoms. The molecular weight excluding hydrogens is 383 g/mol. The van der Waals surface area contributed by atoms with Crippen LogP contribution in [0, 0.1) is 18.7 Å². The first-order valence-corrected chi connectivity index (χ1v) is 11.0. The van der Waals surface area contributed by atoms with Crippen LogP contribution in [0.5, 0.6) is 0 Å².